The van der Waals surface area contributed by atoms with Crippen molar-refractivity contribution in [2.75, 3.05) is 32.8 Å². The van der Waals surface area contributed by atoms with Crippen LogP contribution in [0, 0.1) is 0 Å². The number of benzene rings is 1. The standard InChI is InChI=1S/C17H22ClN3O/c18-15-7-5-14(6-8-15)17-16(13-19-20-17)22-12-4-11-21-9-2-1-3-10-21/h5-8H,1-4,9-13H2. The molecule has 0 aromatic heterocycles. The number of nitrogens with zero attached hydrogens (tertiary/aromatic N) is 3. The number of rotatable bonds is 6. The van der Waals surface area contributed by atoms with Crippen LogP contribution in [0.3, 0.4) is 0 Å². The molecular weight excluding hydrogens is 298 g/mol. The molecule has 0 unspecified atom stereocenters. The molecule has 2 aliphatic heterocycles. The smallest absolute Gasteiger partial charge is 0.147 e. The van der Waals surface area contributed by atoms with E-state index in [2.05, 4.69) is 15.1 Å². The molecule has 1 saturated heterocycles. The molecular formula is C17H22ClN3O. The Labute approximate surface area is 136 Å². The van der Waals surface area contributed by atoms with E-state index in [9.17, 15) is 0 Å². The summed E-state index contributed by atoms with van der Waals surface area (Å²) in [7, 11) is 0. The Balaban J connectivity index is 1.50. The van der Waals surface area contributed by atoms with Crippen LogP contribution >= 0.6 is 11.6 Å². The second-order valence-electron chi connectivity index (χ2n) is 5.78. The fraction of sp³-hybridized carbons (Fsp3) is 0.529. The van der Waals surface area contributed by atoms with Crippen LogP contribution in [0.2, 0.25) is 5.02 Å². The number of likely N-dealkylation sites (tertiary alicyclic amines) is 1. The largest absolute Gasteiger partial charge is 0.493 e. The lowest BCUT2D eigenvalue weighted by atomic mass is 10.1. The highest BCUT2D eigenvalue weighted by Crippen LogP contribution is 2.27. The molecule has 0 radical (unpaired) electrons. The van der Waals surface area contributed by atoms with Crippen LogP contribution in [0.15, 0.2) is 40.3 Å². The molecule has 0 saturated carbocycles. The van der Waals surface area contributed by atoms with Crippen LogP contribution in [-0.4, -0.2) is 37.7 Å². The zero-order chi connectivity index (χ0) is 15.2. The van der Waals surface area contributed by atoms with Gasteiger partial charge in [-0.15, -0.1) is 0 Å². The zero-order valence-electron chi connectivity index (χ0n) is 12.8. The summed E-state index contributed by atoms with van der Waals surface area (Å²) >= 11 is 5.92. The van der Waals surface area contributed by atoms with Crippen molar-refractivity contribution in [2.45, 2.75) is 25.7 Å². The van der Waals surface area contributed by atoms with Gasteiger partial charge in [-0.25, -0.2) is 0 Å². The molecule has 0 aliphatic carbocycles. The highest BCUT2D eigenvalue weighted by atomic mass is 35.5. The van der Waals surface area contributed by atoms with Gasteiger partial charge in [0, 0.05) is 17.1 Å². The minimum absolute atomic E-state index is 0.543. The average Bonchev–Trinajstić information content (AvgIpc) is 3.02. The number of halogens is 1. The van der Waals surface area contributed by atoms with Crippen molar-refractivity contribution >= 4 is 17.3 Å². The van der Waals surface area contributed by atoms with E-state index < -0.39 is 0 Å². The molecule has 22 heavy (non-hydrogen) atoms. The second kappa shape index (κ2) is 7.75. The van der Waals surface area contributed by atoms with E-state index in [0.29, 0.717) is 6.54 Å². The Bertz CT molecular complexity index is 548. The monoisotopic (exact) mass is 319 g/mol. The van der Waals surface area contributed by atoms with Gasteiger partial charge in [-0.1, -0.05) is 30.2 Å². The van der Waals surface area contributed by atoms with Gasteiger partial charge in [0.05, 0.1) is 6.61 Å². The summed E-state index contributed by atoms with van der Waals surface area (Å²) in [6, 6.07) is 7.65. The molecule has 2 aliphatic rings. The molecule has 0 bridgehead atoms. The van der Waals surface area contributed by atoms with E-state index in [0.717, 1.165) is 41.6 Å². The number of ether oxygens (including phenoxy) is 1. The van der Waals surface area contributed by atoms with E-state index >= 15 is 0 Å². The van der Waals surface area contributed by atoms with Crippen molar-refractivity contribution in [2.24, 2.45) is 10.2 Å². The minimum Gasteiger partial charge on any atom is -0.493 e. The molecule has 0 amide bonds. The average molecular weight is 320 g/mol. The van der Waals surface area contributed by atoms with Gasteiger partial charge in [0.25, 0.3) is 0 Å². The van der Waals surface area contributed by atoms with Crippen molar-refractivity contribution in [3.63, 3.8) is 0 Å². The van der Waals surface area contributed by atoms with Crippen molar-refractivity contribution in [1.29, 1.82) is 0 Å². The SMILES string of the molecule is Clc1ccc(C2=C(OCCCN3CCCCC3)CN=N2)cc1. The number of hydrogen-bond donors (Lipinski definition) is 0. The molecule has 0 atom stereocenters. The maximum absolute atomic E-state index is 5.92. The summed E-state index contributed by atoms with van der Waals surface area (Å²) in [6.07, 6.45) is 5.11. The Morgan fingerprint density at radius 3 is 2.64 bits per heavy atom. The quantitative estimate of drug-likeness (QED) is 0.730. The molecule has 0 spiro atoms. The number of azo groups is 1. The summed E-state index contributed by atoms with van der Waals surface area (Å²) in [5.41, 5.74) is 1.85. The third kappa shape index (κ3) is 4.08. The Morgan fingerprint density at radius 2 is 1.86 bits per heavy atom. The highest BCUT2D eigenvalue weighted by Gasteiger charge is 2.16. The van der Waals surface area contributed by atoms with Crippen LogP contribution in [0.1, 0.15) is 31.2 Å². The Kier molecular flexibility index (Phi) is 5.46. The normalized spacial score (nSPS) is 19.0. The second-order valence-corrected chi connectivity index (χ2v) is 6.22. The lowest BCUT2D eigenvalue weighted by Gasteiger charge is -2.26. The first-order chi connectivity index (χ1) is 10.8. The predicted molar refractivity (Wildman–Crippen MR) is 89.0 cm³/mol. The maximum Gasteiger partial charge on any atom is 0.147 e. The highest BCUT2D eigenvalue weighted by molar-refractivity contribution is 6.30. The van der Waals surface area contributed by atoms with Gasteiger partial charge in [-0.05, 0) is 44.5 Å². The van der Waals surface area contributed by atoms with Crippen LogP contribution in [0.5, 0.6) is 0 Å². The number of hydrogen-bond acceptors (Lipinski definition) is 4. The third-order valence-electron chi connectivity index (χ3n) is 4.11. The lowest BCUT2D eigenvalue weighted by molar-refractivity contribution is 0.171. The molecule has 118 valence electrons. The van der Waals surface area contributed by atoms with E-state index in [-0.39, 0.29) is 0 Å². The van der Waals surface area contributed by atoms with Gasteiger partial charge >= 0.3 is 0 Å². The van der Waals surface area contributed by atoms with Crippen LogP contribution in [-0.2, 0) is 4.74 Å². The van der Waals surface area contributed by atoms with Crippen molar-refractivity contribution < 1.29 is 4.74 Å². The zero-order valence-corrected chi connectivity index (χ0v) is 13.6. The molecule has 1 aromatic rings. The first kappa shape index (κ1) is 15.5. The summed E-state index contributed by atoms with van der Waals surface area (Å²) in [6.45, 7) is 4.88. The summed E-state index contributed by atoms with van der Waals surface area (Å²) in [4.78, 5) is 2.53. The van der Waals surface area contributed by atoms with E-state index in [1.54, 1.807) is 0 Å². The van der Waals surface area contributed by atoms with Crippen LogP contribution in [0.25, 0.3) is 5.70 Å². The topological polar surface area (TPSA) is 37.2 Å². The molecule has 5 heteroatoms. The van der Waals surface area contributed by atoms with Crippen molar-refractivity contribution in [3.8, 4) is 0 Å². The van der Waals surface area contributed by atoms with Gasteiger partial charge in [-0.2, -0.15) is 10.2 Å². The van der Waals surface area contributed by atoms with Crippen molar-refractivity contribution in [3.05, 3.63) is 40.6 Å². The molecule has 4 nitrogen and oxygen atoms in total. The van der Waals surface area contributed by atoms with E-state index in [1.165, 1.54) is 32.4 Å². The molecule has 1 aromatic carbocycles. The van der Waals surface area contributed by atoms with Crippen molar-refractivity contribution in [1.82, 2.24) is 4.90 Å². The first-order valence-electron chi connectivity index (χ1n) is 8.05. The minimum atomic E-state index is 0.543. The van der Waals surface area contributed by atoms with Gasteiger partial charge in [-0.3, -0.25) is 0 Å². The molecule has 0 N–H and O–H groups in total. The van der Waals surface area contributed by atoms with E-state index in [1.807, 2.05) is 24.3 Å². The van der Waals surface area contributed by atoms with E-state index in [4.69, 9.17) is 16.3 Å². The lowest BCUT2D eigenvalue weighted by Crippen LogP contribution is -2.31. The molecule has 2 heterocycles. The van der Waals surface area contributed by atoms with Gasteiger partial charge in [0.1, 0.15) is 18.0 Å². The summed E-state index contributed by atoms with van der Waals surface area (Å²) < 4.78 is 5.92. The summed E-state index contributed by atoms with van der Waals surface area (Å²) in [5.74, 6) is 0.876. The molecule has 3 rings (SSSR count). The number of piperidine rings is 1. The van der Waals surface area contributed by atoms with Crippen LogP contribution in [0.4, 0.5) is 0 Å². The Morgan fingerprint density at radius 1 is 1.09 bits per heavy atom. The first-order valence-corrected chi connectivity index (χ1v) is 8.42. The maximum atomic E-state index is 5.92. The third-order valence-corrected chi connectivity index (χ3v) is 4.36. The van der Waals surface area contributed by atoms with Gasteiger partial charge < -0.3 is 9.64 Å². The van der Waals surface area contributed by atoms with Gasteiger partial charge in [0.15, 0.2) is 0 Å². The van der Waals surface area contributed by atoms with Gasteiger partial charge in [0.2, 0.25) is 0 Å². The summed E-state index contributed by atoms with van der Waals surface area (Å²) in [5, 5.41) is 9.03. The Hall–Kier alpha value is -1.39. The molecule has 1 fully saturated rings. The predicted octanol–water partition coefficient (Wildman–Crippen LogP) is 4.37. The van der Waals surface area contributed by atoms with Crippen LogP contribution < -0.4 is 0 Å². The fourth-order valence-electron chi connectivity index (χ4n) is 2.91. The fourth-order valence-corrected chi connectivity index (χ4v) is 3.03.